The van der Waals surface area contributed by atoms with Crippen molar-refractivity contribution in [2.45, 2.75) is 53.4 Å². The van der Waals surface area contributed by atoms with Gasteiger partial charge in [0.25, 0.3) is 0 Å². The van der Waals surface area contributed by atoms with E-state index in [9.17, 15) is 9.59 Å². The van der Waals surface area contributed by atoms with Gasteiger partial charge in [-0.2, -0.15) is 0 Å². The molecule has 0 aliphatic heterocycles. The van der Waals surface area contributed by atoms with Gasteiger partial charge >= 0.3 is 5.97 Å². The van der Waals surface area contributed by atoms with Crippen LogP contribution in [-0.2, 0) is 4.74 Å². The third kappa shape index (κ3) is 3.82. The third-order valence-corrected chi connectivity index (χ3v) is 5.43. The van der Waals surface area contributed by atoms with Gasteiger partial charge in [-0.15, -0.1) is 0 Å². The van der Waals surface area contributed by atoms with Crippen molar-refractivity contribution in [3.8, 4) is 0 Å². The smallest absolute Gasteiger partial charge is 0.337 e. The van der Waals surface area contributed by atoms with Crippen molar-refractivity contribution in [3.63, 3.8) is 0 Å². The molecule has 1 aromatic carbocycles. The van der Waals surface area contributed by atoms with E-state index in [4.69, 9.17) is 4.74 Å². The number of ketones is 1. The van der Waals surface area contributed by atoms with Crippen LogP contribution < -0.4 is 0 Å². The van der Waals surface area contributed by atoms with E-state index in [1.807, 2.05) is 0 Å². The summed E-state index contributed by atoms with van der Waals surface area (Å²) >= 11 is 0. The molecule has 0 amide bonds. The van der Waals surface area contributed by atoms with Gasteiger partial charge in [-0.1, -0.05) is 39.8 Å². The maximum Gasteiger partial charge on any atom is 0.337 e. The molecule has 0 bridgehead atoms. The van der Waals surface area contributed by atoms with Crippen molar-refractivity contribution in [2.75, 3.05) is 7.11 Å². The Bertz CT molecular complexity index is 570. The molecule has 1 aliphatic rings. The zero-order chi connectivity index (χ0) is 17.3. The summed E-state index contributed by atoms with van der Waals surface area (Å²) in [6, 6.07) is 6.83. The van der Waals surface area contributed by atoms with Crippen molar-refractivity contribution in [1.29, 1.82) is 0 Å². The largest absolute Gasteiger partial charge is 0.465 e. The number of Topliss-reactive ketones (excluding diaryl/α,β-unsaturated/α-hetero) is 1. The van der Waals surface area contributed by atoms with Crippen LogP contribution in [0.25, 0.3) is 0 Å². The molecule has 1 aromatic rings. The Hall–Kier alpha value is -1.64. The fourth-order valence-electron chi connectivity index (χ4n) is 3.57. The number of methoxy groups -OCH3 is 1. The summed E-state index contributed by atoms with van der Waals surface area (Å²) in [4.78, 5) is 24.4. The fourth-order valence-corrected chi connectivity index (χ4v) is 3.57. The molecule has 0 unspecified atom stereocenters. The Morgan fingerprint density at radius 1 is 1.04 bits per heavy atom. The monoisotopic (exact) mass is 316 g/mol. The van der Waals surface area contributed by atoms with E-state index in [2.05, 4.69) is 27.7 Å². The summed E-state index contributed by atoms with van der Waals surface area (Å²) < 4.78 is 4.69. The van der Waals surface area contributed by atoms with Gasteiger partial charge in [0.2, 0.25) is 0 Å². The molecule has 0 N–H and O–H groups in total. The van der Waals surface area contributed by atoms with Crippen LogP contribution in [0.5, 0.6) is 0 Å². The van der Waals surface area contributed by atoms with Crippen LogP contribution in [0.3, 0.4) is 0 Å². The highest BCUT2D eigenvalue weighted by Gasteiger charge is 2.40. The molecule has 1 fully saturated rings. The van der Waals surface area contributed by atoms with Crippen LogP contribution in [0.2, 0.25) is 0 Å². The predicted molar refractivity (Wildman–Crippen MR) is 91.6 cm³/mol. The summed E-state index contributed by atoms with van der Waals surface area (Å²) in [5, 5.41) is 0. The second-order valence-electron chi connectivity index (χ2n) is 8.10. The standard InChI is InChI=1S/C20H28O3/c1-19(2,3)16-10-12-20(4,13-11-16)17(21)14-6-8-15(9-7-14)18(22)23-5/h6-9,16H,10-13H2,1-5H3. The van der Waals surface area contributed by atoms with Gasteiger partial charge in [-0.25, -0.2) is 4.79 Å². The van der Waals surface area contributed by atoms with E-state index in [1.165, 1.54) is 7.11 Å². The zero-order valence-corrected chi connectivity index (χ0v) is 14.9. The molecule has 3 nitrogen and oxygen atoms in total. The van der Waals surface area contributed by atoms with E-state index in [0.717, 1.165) is 25.7 Å². The summed E-state index contributed by atoms with van der Waals surface area (Å²) in [6.45, 7) is 8.94. The summed E-state index contributed by atoms with van der Waals surface area (Å²) in [5.74, 6) is 0.507. The lowest BCUT2D eigenvalue weighted by atomic mass is 9.63. The van der Waals surface area contributed by atoms with Gasteiger partial charge in [0.1, 0.15) is 0 Å². The van der Waals surface area contributed by atoms with Crippen molar-refractivity contribution in [1.82, 2.24) is 0 Å². The Morgan fingerprint density at radius 2 is 1.52 bits per heavy atom. The number of ether oxygens (including phenoxy) is 1. The lowest BCUT2D eigenvalue weighted by molar-refractivity contribution is 0.0595. The van der Waals surface area contributed by atoms with Crippen LogP contribution in [0.4, 0.5) is 0 Å². The van der Waals surface area contributed by atoms with Gasteiger partial charge in [0, 0.05) is 11.0 Å². The minimum atomic E-state index is -0.374. The molecular formula is C20H28O3. The SMILES string of the molecule is COC(=O)c1ccc(C(=O)C2(C)CCC(C(C)(C)C)CC2)cc1. The highest BCUT2D eigenvalue weighted by atomic mass is 16.5. The number of hydrogen-bond acceptors (Lipinski definition) is 3. The minimum absolute atomic E-state index is 0.196. The second-order valence-corrected chi connectivity index (χ2v) is 8.10. The lowest BCUT2D eigenvalue weighted by Crippen LogP contribution is -2.36. The molecule has 0 saturated heterocycles. The van der Waals surface area contributed by atoms with Crippen molar-refractivity contribution < 1.29 is 14.3 Å². The van der Waals surface area contributed by atoms with E-state index in [1.54, 1.807) is 24.3 Å². The van der Waals surface area contributed by atoms with Crippen LogP contribution in [0, 0.1) is 16.7 Å². The number of carbonyl (C=O) groups is 2. The Balaban J connectivity index is 2.10. The molecule has 2 rings (SSSR count). The van der Waals surface area contributed by atoms with Gasteiger partial charge in [0.05, 0.1) is 12.7 Å². The second kappa shape index (κ2) is 6.46. The van der Waals surface area contributed by atoms with Gasteiger partial charge in [0.15, 0.2) is 5.78 Å². The van der Waals surface area contributed by atoms with Crippen LogP contribution >= 0.6 is 0 Å². The molecule has 3 heteroatoms. The Labute approximate surface area is 139 Å². The molecule has 126 valence electrons. The van der Waals surface area contributed by atoms with Crippen molar-refractivity contribution >= 4 is 11.8 Å². The van der Waals surface area contributed by atoms with E-state index in [-0.39, 0.29) is 17.2 Å². The average Bonchev–Trinajstić information content (AvgIpc) is 2.53. The van der Waals surface area contributed by atoms with Gasteiger partial charge in [-0.05, 0) is 49.1 Å². The fraction of sp³-hybridized carbons (Fsp3) is 0.600. The summed E-state index contributed by atoms with van der Waals surface area (Å²) in [7, 11) is 1.36. The average molecular weight is 316 g/mol. The topological polar surface area (TPSA) is 43.4 Å². The normalized spacial score (nSPS) is 25.0. The predicted octanol–water partition coefficient (Wildman–Crippen LogP) is 4.90. The number of hydrogen-bond donors (Lipinski definition) is 0. The quantitative estimate of drug-likeness (QED) is 0.588. The number of benzene rings is 1. The maximum absolute atomic E-state index is 12.9. The first-order chi connectivity index (χ1) is 10.7. The third-order valence-electron chi connectivity index (χ3n) is 5.43. The molecule has 0 radical (unpaired) electrons. The van der Waals surface area contributed by atoms with Crippen LogP contribution in [0.15, 0.2) is 24.3 Å². The van der Waals surface area contributed by atoms with Crippen LogP contribution in [-0.4, -0.2) is 18.9 Å². The number of carbonyl (C=O) groups excluding carboxylic acids is 2. The molecule has 1 saturated carbocycles. The van der Waals surface area contributed by atoms with E-state index >= 15 is 0 Å². The van der Waals surface area contributed by atoms with Crippen molar-refractivity contribution in [2.24, 2.45) is 16.7 Å². The highest BCUT2D eigenvalue weighted by Crippen LogP contribution is 2.46. The molecule has 1 aliphatic carbocycles. The van der Waals surface area contributed by atoms with Crippen molar-refractivity contribution in [3.05, 3.63) is 35.4 Å². The maximum atomic E-state index is 12.9. The molecule has 23 heavy (non-hydrogen) atoms. The molecule has 0 heterocycles. The van der Waals surface area contributed by atoms with Gasteiger partial charge < -0.3 is 4.74 Å². The Kier molecular flexibility index (Phi) is 4.98. The molecule has 0 spiro atoms. The van der Waals surface area contributed by atoms with Gasteiger partial charge in [-0.3, -0.25) is 4.79 Å². The first-order valence-electron chi connectivity index (χ1n) is 8.40. The summed E-state index contributed by atoms with van der Waals surface area (Å²) in [5.41, 5.74) is 1.20. The zero-order valence-electron chi connectivity index (χ0n) is 14.9. The number of esters is 1. The van der Waals surface area contributed by atoms with E-state index in [0.29, 0.717) is 22.5 Å². The van der Waals surface area contributed by atoms with E-state index < -0.39 is 0 Å². The molecular weight excluding hydrogens is 288 g/mol. The number of rotatable bonds is 3. The summed E-state index contributed by atoms with van der Waals surface area (Å²) in [6.07, 6.45) is 4.08. The molecule has 0 atom stereocenters. The first-order valence-corrected chi connectivity index (χ1v) is 8.40. The Morgan fingerprint density at radius 3 is 1.96 bits per heavy atom. The first kappa shape index (κ1) is 17.7. The molecule has 0 aromatic heterocycles. The lowest BCUT2D eigenvalue weighted by Gasteiger charge is -2.41. The highest BCUT2D eigenvalue weighted by molar-refractivity contribution is 6.01. The minimum Gasteiger partial charge on any atom is -0.465 e. The van der Waals surface area contributed by atoms with Crippen LogP contribution in [0.1, 0.15) is 74.1 Å².